The molecule has 0 atom stereocenters. The van der Waals surface area contributed by atoms with Crippen molar-refractivity contribution >= 4 is 29.3 Å². The number of rotatable bonds is 4. The Hall–Kier alpha value is -1.95. The molecule has 0 amide bonds. The molecule has 0 aliphatic heterocycles. The normalized spacial score (nSPS) is 10.5. The summed E-state index contributed by atoms with van der Waals surface area (Å²) >= 11 is 5.80. The van der Waals surface area contributed by atoms with Gasteiger partial charge in [0.1, 0.15) is 11.2 Å². The maximum atomic E-state index is 10.8. The van der Waals surface area contributed by atoms with E-state index in [9.17, 15) is 14.9 Å². The van der Waals surface area contributed by atoms with Crippen molar-refractivity contribution in [2.24, 2.45) is 0 Å². The fraction of sp³-hybridized carbons (Fsp3) is 0.200. The number of pyridine rings is 1. The lowest BCUT2D eigenvalue weighted by Gasteiger charge is -1.98. The predicted molar refractivity (Wildman–Crippen MR) is 61.6 cm³/mol. The predicted octanol–water partition coefficient (Wildman–Crippen LogP) is 2.22. The highest BCUT2D eigenvalue weighted by atomic mass is 35.5. The van der Waals surface area contributed by atoms with Gasteiger partial charge in [-0.15, -0.1) is 0 Å². The van der Waals surface area contributed by atoms with Gasteiger partial charge in [0.05, 0.1) is 18.5 Å². The van der Waals surface area contributed by atoms with Crippen LogP contribution in [0, 0.1) is 10.1 Å². The van der Waals surface area contributed by atoms with Crippen LogP contribution >= 0.6 is 11.6 Å². The van der Waals surface area contributed by atoms with Crippen LogP contribution in [0.3, 0.4) is 0 Å². The maximum absolute atomic E-state index is 10.8. The van der Waals surface area contributed by atoms with Crippen molar-refractivity contribution in [3.63, 3.8) is 0 Å². The first-order chi connectivity index (χ1) is 8.06. The van der Waals surface area contributed by atoms with Gasteiger partial charge in [0.25, 0.3) is 0 Å². The Balaban J connectivity index is 2.89. The van der Waals surface area contributed by atoms with Crippen LogP contribution in [0.1, 0.15) is 12.0 Å². The minimum atomic E-state index is -0.618. The lowest BCUT2D eigenvalue weighted by molar-refractivity contribution is -0.385. The van der Waals surface area contributed by atoms with Crippen molar-refractivity contribution in [3.05, 3.63) is 39.2 Å². The summed E-state index contributed by atoms with van der Waals surface area (Å²) in [4.78, 5) is 24.5. The quantitative estimate of drug-likeness (QED) is 0.469. The van der Waals surface area contributed by atoms with Gasteiger partial charge in [-0.1, -0.05) is 23.8 Å². The van der Waals surface area contributed by atoms with E-state index in [1.54, 1.807) is 0 Å². The van der Waals surface area contributed by atoms with E-state index in [1.165, 1.54) is 25.5 Å². The molecule has 0 saturated carbocycles. The van der Waals surface area contributed by atoms with Gasteiger partial charge in [-0.05, 0) is 0 Å². The Morgan fingerprint density at radius 2 is 2.35 bits per heavy atom. The SMILES string of the molecule is COC(=O)CC=Cc1cncc([N+](=O)[O-])c1Cl. The first kappa shape index (κ1) is 13.1. The van der Waals surface area contributed by atoms with Gasteiger partial charge in [0, 0.05) is 11.8 Å². The van der Waals surface area contributed by atoms with E-state index in [-0.39, 0.29) is 17.1 Å². The van der Waals surface area contributed by atoms with Crippen LogP contribution < -0.4 is 0 Å². The number of nitrogens with zero attached hydrogens (tertiary/aromatic N) is 2. The number of hydrogen-bond donors (Lipinski definition) is 0. The Labute approximate surface area is 102 Å². The number of carbonyl (C=O) groups is 1. The molecule has 0 aliphatic carbocycles. The third-order valence-corrected chi connectivity index (χ3v) is 2.31. The first-order valence-corrected chi connectivity index (χ1v) is 4.95. The van der Waals surface area contributed by atoms with E-state index >= 15 is 0 Å². The smallest absolute Gasteiger partial charge is 0.309 e. The molecule has 0 spiro atoms. The summed E-state index contributed by atoms with van der Waals surface area (Å²) in [5.74, 6) is -0.407. The summed E-state index contributed by atoms with van der Waals surface area (Å²) in [6.07, 6.45) is 5.50. The highest BCUT2D eigenvalue weighted by Gasteiger charge is 2.14. The molecule has 17 heavy (non-hydrogen) atoms. The zero-order valence-corrected chi connectivity index (χ0v) is 9.68. The fourth-order valence-corrected chi connectivity index (χ4v) is 1.29. The highest BCUT2D eigenvalue weighted by molar-refractivity contribution is 6.34. The molecule has 0 aromatic carbocycles. The van der Waals surface area contributed by atoms with Crippen molar-refractivity contribution in [2.45, 2.75) is 6.42 Å². The van der Waals surface area contributed by atoms with Crippen LogP contribution in [0.15, 0.2) is 18.5 Å². The highest BCUT2D eigenvalue weighted by Crippen LogP contribution is 2.27. The zero-order chi connectivity index (χ0) is 12.8. The van der Waals surface area contributed by atoms with E-state index in [2.05, 4.69) is 9.72 Å². The molecule has 0 fully saturated rings. The number of hydrogen-bond acceptors (Lipinski definition) is 5. The van der Waals surface area contributed by atoms with Crippen molar-refractivity contribution in [2.75, 3.05) is 7.11 Å². The van der Waals surface area contributed by atoms with Crippen molar-refractivity contribution in [3.8, 4) is 0 Å². The van der Waals surface area contributed by atoms with Gasteiger partial charge < -0.3 is 4.74 Å². The lowest BCUT2D eigenvalue weighted by Crippen LogP contribution is -1.96. The molecule has 1 aromatic rings. The molecule has 1 heterocycles. The summed E-state index contributed by atoms with van der Waals surface area (Å²) in [5.41, 5.74) is 0.108. The molecule has 0 N–H and O–H groups in total. The molecule has 6 nitrogen and oxygen atoms in total. The topological polar surface area (TPSA) is 82.3 Å². The van der Waals surface area contributed by atoms with Gasteiger partial charge in [-0.25, -0.2) is 0 Å². The van der Waals surface area contributed by atoms with Crippen LogP contribution in [-0.2, 0) is 9.53 Å². The number of nitro groups is 1. The van der Waals surface area contributed by atoms with E-state index in [0.29, 0.717) is 5.56 Å². The molecule has 0 radical (unpaired) electrons. The van der Waals surface area contributed by atoms with Gasteiger partial charge in [0.15, 0.2) is 0 Å². The van der Waals surface area contributed by atoms with Crippen LogP contribution in [0.2, 0.25) is 5.02 Å². The first-order valence-electron chi connectivity index (χ1n) is 4.57. The number of aromatic nitrogens is 1. The average Bonchev–Trinajstić information content (AvgIpc) is 2.30. The van der Waals surface area contributed by atoms with Gasteiger partial charge in [-0.2, -0.15) is 0 Å². The molecule has 7 heteroatoms. The standard InChI is InChI=1S/C10H9ClN2O4/c1-17-9(14)4-2-3-7-5-12-6-8(10(7)11)13(15)16/h2-3,5-6H,4H2,1H3. The molecule has 90 valence electrons. The Morgan fingerprint density at radius 3 is 2.94 bits per heavy atom. The Kier molecular flexibility index (Phi) is 4.59. The maximum Gasteiger partial charge on any atom is 0.309 e. The van der Waals surface area contributed by atoms with Crippen molar-refractivity contribution in [1.82, 2.24) is 4.98 Å². The van der Waals surface area contributed by atoms with Crippen molar-refractivity contribution < 1.29 is 14.5 Å². The minimum absolute atomic E-state index is 0.00823. The molecule has 0 saturated heterocycles. The number of esters is 1. The molecule has 1 aromatic heterocycles. The summed E-state index contributed by atoms with van der Waals surface area (Å²) in [5, 5.41) is 10.6. The van der Waals surface area contributed by atoms with E-state index in [1.807, 2.05) is 0 Å². The van der Waals surface area contributed by atoms with Gasteiger partial charge in [0.2, 0.25) is 0 Å². The summed E-state index contributed by atoms with van der Waals surface area (Å²) in [7, 11) is 1.28. The number of halogens is 1. The second-order valence-corrected chi connectivity index (χ2v) is 3.38. The summed E-state index contributed by atoms with van der Waals surface area (Å²) in [6, 6.07) is 0. The second kappa shape index (κ2) is 5.95. The number of carbonyl (C=O) groups excluding carboxylic acids is 1. The number of methoxy groups -OCH3 is 1. The average molecular weight is 257 g/mol. The summed E-state index contributed by atoms with van der Waals surface area (Å²) < 4.78 is 4.43. The van der Waals surface area contributed by atoms with Crippen LogP contribution in [0.25, 0.3) is 6.08 Å². The van der Waals surface area contributed by atoms with E-state index in [0.717, 1.165) is 6.20 Å². The van der Waals surface area contributed by atoms with Gasteiger partial charge in [-0.3, -0.25) is 19.9 Å². The second-order valence-electron chi connectivity index (χ2n) is 3.00. The molecular weight excluding hydrogens is 248 g/mol. The Bertz CT molecular complexity index is 473. The minimum Gasteiger partial charge on any atom is -0.469 e. The third kappa shape index (κ3) is 3.53. The lowest BCUT2D eigenvalue weighted by atomic mass is 10.2. The van der Waals surface area contributed by atoms with Crippen LogP contribution in [0.4, 0.5) is 5.69 Å². The van der Waals surface area contributed by atoms with E-state index in [4.69, 9.17) is 11.6 Å². The molecule has 0 unspecified atom stereocenters. The molecule has 0 bridgehead atoms. The fourth-order valence-electron chi connectivity index (χ4n) is 1.06. The van der Waals surface area contributed by atoms with E-state index < -0.39 is 10.9 Å². The van der Waals surface area contributed by atoms with Crippen LogP contribution in [0.5, 0.6) is 0 Å². The summed E-state index contributed by atoms with van der Waals surface area (Å²) in [6.45, 7) is 0. The molecular formula is C10H9ClN2O4. The van der Waals surface area contributed by atoms with Crippen molar-refractivity contribution in [1.29, 1.82) is 0 Å². The zero-order valence-electron chi connectivity index (χ0n) is 8.92. The number of ether oxygens (including phenoxy) is 1. The molecule has 1 rings (SSSR count). The molecule has 0 aliphatic rings. The largest absolute Gasteiger partial charge is 0.469 e. The third-order valence-electron chi connectivity index (χ3n) is 1.90. The Morgan fingerprint density at radius 1 is 1.65 bits per heavy atom. The van der Waals surface area contributed by atoms with Crippen LogP contribution in [-0.4, -0.2) is 23.0 Å². The monoisotopic (exact) mass is 256 g/mol. The van der Waals surface area contributed by atoms with Gasteiger partial charge >= 0.3 is 11.7 Å².